The summed E-state index contributed by atoms with van der Waals surface area (Å²) in [4.78, 5) is 36.3. The van der Waals surface area contributed by atoms with Crippen LogP contribution in [-0.2, 0) is 9.59 Å². The molecule has 0 aliphatic carbocycles. The van der Waals surface area contributed by atoms with E-state index in [0.717, 1.165) is 11.0 Å². The third-order valence-corrected chi connectivity index (χ3v) is 3.12. The summed E-state index contributed by atoms with van der Waals surface area (Å²) in [6.45, 7) is 4.54. The number of amides is 1. The first-order chi connectivity index (χ1) is 9.12. The van der Waals surface area contributed by atoms with Crippen molar-refractivity contribution in [3.8, 4) is 0 Å². The van der Waals surface area contributed by atoms with Gasteiger partial charge in [-0.2, -0.15) is 0 Å². The fourth-order valence-electron chi connectivity index (χ4n) is 1.88. The average Bonchev–Trinajstić information content (AvgIpc) is 2.53. The molecule has 0 atom stereocenters. The lowest BCUT2D eigenvalue weighted by Gasteiger charge is -2.22. The molecule has 1 heterocycles. The molecule has 106 valence electrons. The Balaban J connectivity index is 2.46. The quantitative estimate of drug-likeness (QED) is 0.780. The molecule has 0 N–H and O–H groups in total. The van der Waals surface area contributed by atoms with Gasteiger partial charge in [-0.15, -0.1) is 0 Å². The number of benzene rings is 1. The predicted octanol–water partition coefficient (Wildman–Crippen LogP) is 2.11. The topological polar surface area (TPSA) is 54.5 Å². The van der Waals surface area contributed by atoms with Crippen molar-refractivity contribution >= 4 is 23.2 Å². The van der Waals surface area contributed by atoms with Gasteiger partial charge in [-0.1, -0.05) is 20.8 Å². The molecular weight excluding hydrogens is 268 g/mol. The van der Waals surface area contributed by atoms with E-state index < -0.39 is 35.3 Å². The second-order valence-electron chi connectivity index (χ2n) is 5.68. The van der Waals surface area contributed by atoms with E-state index >= 15 is 0 Å². The maximum atomic E-state index is 13.8. The summed E-state index contributed by atoms with van der Waals surface area (Å²) in [5, 5.41) is 0. The van der Waals surface area contributed by atoms with Crippen LogP contribution < -0.4 is 4.90 Å². The number of carbonyl (C=O) groups excluding carboxylic acids is 3. The zero-order valence-electron chi connectivity index (χ0n) is 11.3. The van der Waals surface area contributed by atoms with Crippen LogP contribution in [0.3, 0.4) is 0 Å². The first kappa shape index (κ1) is 14.3. The number of Topliss-reactive ketones (excluding diaryl/α,β-unsaturated/α-hetero) is 2. The van der Waals surface area contributed by atoms with Gasteiger partial charge in [0.05, 0.1) is 17.8 Å². The second-order valence-corrected chi connectivity index (χ2v) is 5.68. The predicted molar refractivity (Wildman–Crippen MR) is 67.5 cm³/mol. The Labute approximate surface area is 114 Å². The van der Waals surface area contributed by atoms with Crippen molar-refractivity contribution in [1.29, 1.82) is 0 Å². The van der Waals surface area contributed by atoms with Crippen molar-refractivity contribution in [2.24, 2.45) is 5.41 Å². The summed E-state index contributed by atoms with van der Waals surface area (Å²) in [5.41, 5.74) is -1.39. The van der Waals surface area contributed by atoms with Gasteiger partial charge in [0.25, 0.3) is 11.7 Å². The van der Waals surface area contributed by atoms with Gasteiger partial charge < -0.3 is 0 Å². The van der Waals surface area contributed by atoms with Crippen LogP contribution in [0.1, 0.15) is 31.1 Å². The maximum Gasteiger partial charge on any atom is 0.299 e. The SMILES string of the molecule is CC(C)(C)C(=O)CN1C(=O)C(=O)c2cc(F)cc(F)c21. The van der Waals surface area contributed by atoms with Gasteiger partial charge in [-0.3, -0.25) is 19.3 Å². The minimum absolute atomic E-state index is 0.320. The van der Waals surface area contributed by atoms with E-state index in [4.69, 9.17) is 0 Å². The molecular formula is C14H13F2NO3. The lowest BCUT2D eigenvalue weighted by Crippen LogP contribution is -2.39. The van der Waals surface area contributed by atoms with Gasteiger partial charge >= 0.3 is 0 Å². The maximum absolute atomic E-state index is 13.8. The number of halogens is 2. The van der Waals surface area contributed by atoms with Crippen molar-refractivity contribution in [3.05, 3.63) is 29.3 Å². The molecule has 2 rings (SSSR count). The highest BCUT2D eigenvalue weighted by molar-refractivity contribution is 6.52. The number of hydrogen-bond donors (Lipinski definition) is 0. The molecule has 20 heavy (non-hydrogen) atoms. The molecule has 0 fully saturated rings. The summed E-state index contributed by atoms with van der Waals surface area (Å²) in [6.07, 6.45) is 0. The van der Waals surface area contributed by atoms with Crippen LogP contribution in [0.25, 0.3) is 0 Å². The normalized spacial score (nSPS) is 14.8. The lowest BCUT2D eigenvalue weighted by molar-refractivity contribution is -0.126. The van der Waals surface area contributed by atoms with Gasteiger partial charge in [-0.05, 0) is 6.07 Å². The Morgan fingerprint density at radius 3 is 2.35 bits per heavy atom. The average molecular weight is 281 g/mol. The molecule has 1 amide bonds. The smallest absolute Gasteiger partial charge is 0.297 e. The third kappa shape index (κ3) is 2.21. The van der Waals surface area contributed by atoms with E-state index in [1.165, 1.54) is 0 Å². The summed E-state index contributed by atoms with van der Waals surface area (Å²) >= 11 is 0. The van der Waals surface area contributed by atoms with E-state index in [9.17, 15) is 23.2 Å². The zero-order valence-corrected chi connectivity index (χ0v) is 11.3. The van der Waals surface area contributed by atoms with Gasteiger partial charge in [0.15, 0.2) is 11.6 Å². The Bertz CT molecular complexity index is 632. The molecule has 4 nitrogen and oxygen atoms in total. The molecule has 1 aromatic carbocycles. The minimum atomic E-state index is -1.03. The van der Waals surface area contributed by atoms with Crippen molar-refractivity contribution < 1.29 is 23.2 Å². The van der Waals surface area contributed by atoms with Crippen LogP contribution in [-0.4, -0.2) is 24.0 Å². The fourth-order valence-corrected chi connectivity index (χ4v) is 1.88. The molecule has 0 saturated heterocycles. The van der Waals surface area contributed by atoms with Crippen molar-refractivity contribution in [2.75, 3.05) is 11.4 Å². The van der Waals surface area contributed by atoms with Gasteiger partial charge in [0.2, 0.25) is 0 Å². The zero-order chi connectivity index (χ0) is 15.2. The number of fused-ring (bicyclic) bond motifs is 1. The molecule has 0 unspecified atom stereocenters. The van der Waals surface area contributed by atoms with Crippen LogP contribution in [0.2, 0.25) is 0 Å². The Kier molecular flexibility index (Phi) is 3.20. The molecule has 1 aliphatic heterocycles. The number of rotatable bonds is 2. The van der Waals surface area contributed by atoms with E-state index in [-0.39, 0.29) is 17.0 Å². The molecule has 0 saturated carbocycles. The lowest BCUT2D eigenvalue weighted by atomic mass is 9.90. The first-order valence-electron chi connectivity index (χ1n) is 6.01. The third-order valence-electron chi connectivity index (χ3n) is 3.12. The van der Waals surface area contributed by atoms with Crippen LogP contribution >= 0.6 is 0 Å². The van der Waals surface area contributed by atoms with Gasteiger partial charge in [-0.25, -0.2) is 8.78 Å². The number of hydrogen-bond acceptors (Lipinski definition) is 3. The summed E-state index contributed by atoms with van der Waals surface area (Å²) < 4.78 is 26.9. The molecule has 0 bridgehead atoms. The van der Waals surface area contributed by atoms with Crippen molar-refractivity contribution in [3.63, 3.8) is 0 Å². The summed E-state index contributed by atoms with van der Waals surface area (Å²) in [7, 11) is 0. The van der Waals surface area contributed by atoms with Crippen LogP contribution in [0.5, 0.6) is 0 Å². The highest BCUT2D eigenvalue weighted by Crippen LogP contribution is 2.33. The van der Waals surface area contributed by atoms with Gasteiger partial charge in [0.1, 0.15) is 5.82 Å². The number of nitrogens with zero attached hydrogens (tertiary/aromatic N) is 1. The number of carbonyl (C=O) groups is 3. The van der Waals surface area contributed by atoms with E-state index in [0.29, 0.717) is 6.07 Å². The van der Waals surface area contributed by atoms with Crippen molar-refractivity contribution in [1.82, 2.24) is 0 Å². The standard InChI is InChI=1S/C14H13F2NO3/c1-14(2,3)10(18)6-17-11-8(12(19)13(17)20)4-7(15)5-9(11)16/h4-5H,6H2,1-3H3. The van der Waals surface area contributed by atoms with Crippen LogP contribution in [0, 0.1) is 17.0 Å². The molecule has 1 aromatic rings. The van der Waals surface area contributed by atoms with E-state index in [1.54, 1.807) is 20.8 Å². The first-order valence-corrected chi connectivity index (χ1v) is 6.01. The second kappa shape index (κ2) is 4.47. The van der Waals surface area contributed by atoms with E-state index in [1.807, 2.05) is 0 Å². The summed E-state index contributed by atoms with van der Waals surface area (Å²) in [6, 6.07) is 1.39. The molecule has 0 radical (unpaired) electrons. The Morgan fingerprint density at radius 2 is 1.80 bits per heavy atom. The Hall–Kier alpha value is -2.11. The highest BCUT2D eigenvalue weighted by Gasteiger charge is 2.40. The molecule has 6 heteroatoms. The number of anilines is 1. The van der Waals surface area contributed by atoms with E-state index in [2.05, 4.69) is 0 Å². The highest BCUT2D eigenvalue weighted by atomic mass is 19.1. The largest absolute Gasteiger partial charge is 0.299 e. The van der Waals surface area contributed by atoms with Crippen LogP contribution in [0.15, 0.2) is 12.1 Å². The van der Waals surface area contributed by atoms with Crippen LogP contribution in [0.4, 0.5) is 14.5 Å². The fraction of sp³-hybridized carbons (Fsp3) is 0.357. The molecule has 0 aromatic heterocycles. The molecule has 0 spiro atoms. The van der Waals surface area contributed by atoms with Gasteiger partial charge in [0, 0.05) is 11.5 Å². The monoisotopic (exact) mass is 281 g/mol. The molecule has 1 aliphatic rings. The number of ketones is 2. The minimum Gasteiger partial charge on any atom is -0.297 e. The van der Waals surface area contributed by atoms with Crippen molar-refractivity contribution in [2.45, 2.75) is 20.8 Å². The summed E-state index contributed by atoms with van der Waals surface area (Å²) in [5.74, 6) is -4.30. The Morgan fingerprint density at radius 1 is 1.20 bits per heavy atom.